The van der Waals surface area contributed by atoms with Crippen LogP contribution in [0, 0.1) is 11.8 Å². The van der Waals surface area contributed by atoms with Crippen molar-refractivity contribution in [2.45, 2.75) is 39.2 Å². The molecule has 3 nitrogen and oxygen atoms in total. The fraction of sp³-hybridized carbons (Fsp3) is 0.588. The third-order valence-corrected chi connectivity index (χ3v) is 4.35. The quantitative estimate of drug-likeness (QED) is 0.874. The highest BCUT2D eigenvalue weighted by Gasteiger charge is 2.25. The van der Waals surface area contributed by atoms with Gasteiger partial charge in [0.2, 0.25) is 0 Å². The zero-order valence-electron chi connectivity index (χ0n) is 12.9. The van der Waals surface area contributed by atoms with Crippen molar-refractivity contribution in [1.82, 2.24) is 10.6 Å². The van der Waals surface area contributed by atoms with E-state index in [9.17, 15) is 4.79 Å². The molecule has 0 aliphatic carbocycles. The van der Waals surface area contributed by atoms with Crippen molar-refractivity contribution in [1.29, 1.82) is 0 Å². The highest BCUT2D eigenvalue weighted by Crippen LogP contribution is 2.22. The Hall–Kier alpha value is -1.06. The summed E-state index contributed by atoms with van der Waals surface area (Å²) in [5, 5.41) is 7.29. The van der Waals surface area contributed by atoms with Crippen LogP contribution in [-0.4, -0.2) is 25.0 Å². The predicted octanol–water partition coefficient (Wildman–Crippen LogP) is 3.48. The minimum absolute atomic E-state index is 0.0100. The Morgan fingerprint density at radius 1 is 1.29 bits per heavy atom. The van der Waals surface area contributed by atoms with Crippen molar-refractivity contribution in [3.8, 4) is 0 Å². The van der Waals surface area contributed by atoms with E-state index < -0.39 is 0 Å². The molecule has 1 atom stereocenters. The van der Waals surface area contributed by atoms with Gasteiger partial charge in [-0.15, -0.1) is 0 Å². The van der Waals surface area contributed by atoms with Crippen LogP contribution in [0.4, 0.5) is 0 Å². The van der Waals surface area contributed by atoms with Gasteiger partial charge in [-0.05, 0) is 68.5 Å². The molecule has 1 aliphatic rings. The number of amides is 1. The number of hydrogen-bond acceptors (Lipinski definition) is 2. The van der Waals surface area contributed by atoms with Crippen LogP contribution in [-0.2, 0) is 0 Å². The molecule has 2 rings (SSSR count). The molecule has 1 fully saturated rings. The second kappa shape index (κ2) is 7.81. The molecule has 1 heterocycles. The number of hydrogen-bond donors (Lipinski definition) is 2. The topological polar surface area (TPSA) is 41.1 Å². The zero-order valence-corrected chi connectivity index (χ0v) is 13.6. The summed E-state index contributed by atoms with van der Waals surface area (Å²) < 4.78 is 0. The Balaban J connectivity index is 2.02. The average Bonchev–Trinajstić information content (AvgIpc) is 2.47. The highest BCUT2D eigenvalue weighted by atomic mass is 35.5. The van der Waals surface area contributed by atoms with E-state index in [1.165, 1.54) is 0 Å². The minimum atomic E-state index is 0.0100. The molecular formula is C17H25ClN2O. The van der Waals surface area contributed by atoms with E-state index in [4.69, 9.17) is 11.6 Å². The van der Waals surface area contributed by atoms with E-state index in [2.05, 4.69) is 24.5 Å². The molecule has 116 valence electrons. The van der Waals surface area contributed by atoms with Crippen LogP contribution < -0.4 is 10.6 Å². The van der Waals surface area contributed by atoms with Crippen molar-refractivity contribution < 1.29 is 4.79 Å². The SMILES string of the molecule is CC(C)C[C@@H](NC(=O)c1ccc(Cl)cc1)C1CCNCC1. The number of halogens is 1. The number of rotatable bonds is 5. The zero-order chi connectivity index (χ0) is 15.2. The summed E-state index contributed by atoms with van der Waals surface area (Å²) in [6.45, 7) is 6.53. The average molecular weight is 309 g/mol. The molecule has 1 amide bonds. The summed E-state index contributed by atoms with van der Waals surface area (Å²) >= 11 is 5.87. The Bertz CT molecular complexity index is 452. The first kappa shape index (κ1) is 16.3. The van der Waals surface area contributed by atoms with Gasteiger partial charge in [0.15, 0.2) is 0 Å². The van der Waals surface area contributed by atoms with E-state index in [1.54, 1.807) is 24.3 Å². The van der Waals surface area contributed by atoms with E-state index in [0.717, 1.165) is 32.4 Å². The van der Waals surface area contributed by atoms with Crippen molar-refractivity contribution in [2.24, 2.45) is 11.8 Å². The maximum Gasteiger partial charge on any atom is 0.251 e. The second-order valence-electron chi connectivity index (χ2n) is 6.30. The third kappa shape index (κ3) is 5.01. The molecule has 0 bridgehead atoms. The maximum absolute atomic E-state index is 12.4. The van der Waals surface area contributed by atoms with Gasteiger partial charge in [0.1, 0.15) is 0 Å². The Kier molecular flexibility index (Phi) is 6.07. The molecule has 1 aromatic rings. The van der Waals surface area contributed by atoms with Crippen LogP contribution in [0.25, 0.3) is 0 Å². The van der Waals surface area contributed by atoms with E-state index in [0.29, 0.717) is 22.4 Å². The molecule has 1 saturated heterocycles. The number of piperidine rings is 1. The van der Waals surface area contributed by atoms with Crippen molar-refractivity contribution in [3.63, 3.8) is 0 Å². The summed E-state index contributed by atoms with van der Waals surface area (Å²) in [6, 6.07) is 7.35. The number of carbonyl (C=O) groups is 1. The molecule has 0 aromatic heterocycles. The largest absolute Gasteiger partial charge is 0.349 e. The van der Waals surface area contributed by atoms with Gasteiger partial charge in [-0.1, -0.05) is 25.4 Å². The van der Waals surface area contributed by atoms with Crippen LogP contribution in [0.15, 0.2) is 24.3 Å². The van der Waals surface area contributed by atoms with Gasteiger partial charge in [-0.3, -0.25) is 4.79 Å². The fourth-order valence-electron chi connectivity index (χ4n) is 2.98. The molecular weight excluding hydrogens is 284 g/mol. The van der Waals surface area contributed by atoms with E-state index in [-0.39, 0.29) is 11.9 Å². The predicted molar refractivity (Wildman–Crippen MR) is 87.8 cm³/mol. The van der Waals surface area contributed by atoms with Gasteiger partial charge >= 0.3 is 0 Å². The molecule has 0 saturated carbocycles. The van der Waals surface area contributed by atoms with Gasteiger partial charge < -0.3 is 10.6 Å². The van der Waals surface area contributed by atoms with Crippen molar-refractivity contribution in [2.75, 3.05) is 13.1 Å². The van der Waals surface area contributed by atoms with Gasteiger partial charge in [0.05, 0.1) is 0 Å². The van der Waals surface area contributed by atoms with Crippen LogP contribution in [0.1, 0.15) is 43.5 Å². The number of nitrogens with one attached hydrogen (secondary N) is 2. The second-order valence-corrected chi connectivity index (χ2v) is 6.74. The summed E-state index contributed by atoms with van der Waals surface area (Å²) in [6.07, 6.45) is 3.31. The Labute approximate surface area is 132 Å². The summed E-state index contributed by atoms with van der Waals surface area (Å²) in [7, 11) is 0. The van der Waals surface area contributed by atoms with Crippen molar-refractivity contribution >= 4 is 17.5 Å². The third-order valence-electron chi connectivity index (χ3n) is 4.10. The molecule has 1 aromatic carbocycles. The lowest BCUT2D eigenvalue weighted by Gasteiger charge is -2.32. The smallest absolute Gasteiger partial charge is 0.251 e. The summed E-state index contributed by atoms with van der Waals surface area (Å²) in [4.78, 5) is 12.4. The number of carbonyl (C=O) groups excluding carboxylic acids is 1. The van der Waals surface area contributed by atoms with Crippen LogP contribution in [0.5, 0.6) is 0 Å². The highest BCUT2D eigenvalue weighted by molar-refractivity contribution is 6.30. The normalized spacial score (nSPS) is 17.7. The van der Waals surface area contributed by atoms with Gasteiger partial charge in [-0.25, -0.2) is 0 Å². The number of benzene rings is 1. The van der Waals surface area contributed by atoms with Crippen LogP contribution >= 0.6 is 11.6 Å². The molecule has 0 radical (unpaired) electrons. The first-order chi connectivity index (χ1) is 10.1. The summed E-state index contributed by atoms with van der Waals surface area (Å²) in [5.41, 5.74) is 0.682. The van der Waals surface area contributed by atoms with Gasteiger partial charge in [-0.2, -0.15) is 0 Å². The fourth-order valence-corrected chi connectivity index (χ4v) is 3.10. The lowest BCUT2D eigenvalue weighted by molar-refractivity contribution is 0.0906. The molecule has 4 heteroatoms. The Morgan fingerprint density at radius 2 is 1.90 bits per heavy atom. The molecule has 21 heavy (non-hydrogen) atoms. The maximum atomic E-state index is 12.4. The van der Waals surface area contributed by atoms with Gasteiger partial charge in [0, 0.05) is 16.6 Å². The molecule has 2 N–H and O–H groups in total. The van der Waals surface area contributed by atoms with E-state index >= 15 is 0 Å². The monoisotopic (exact) mass is 308 g/mol. The van der Waals surface area contributed by atoms with Crippen molar-refractivity contribution in [3.05, 3.63) is 34.9 Å². The lowest BCUT2D eigenvalue weighted by atomic mass is 9.85. The molecule has 1 aliphatic heterocycles. The minimum Gasteiger partial charge on any atom is -0.349 e. The first-order valence-corrected chi connectivity index (χ1v) is 8.21. The van der Waals surface area contributed by atoms with Crippen LogP contribution in [0.3, 0.4) is 0 Å². The van der Waals surface area contributed by atoms with Gasteiger partial charge in [0.25, 0.3) is 5.91 Å². The first-order valence-electron chi connectivity index (χ1n) is 7.83. The van der Waals surface area contributed by atoms with Crippen LogP contribution in [0.2, 0.25) is 5.02 Å². The molecule has 0 spiro atoms. The van der Waals surface area contributed by atoms with E-state index in [1.807, 2.05) is 0 Å². The standard InChI is InChI=1S/C17H25ClN2O/c1-12(2)11-16(13-7-9-19-10-8-13)20-17(21)14-3-5-15(18)6-4-14/h3-6,12-13,16,19H,7-11H2,1-2H3,(H,20,21)/t16-/m1/s1. The lowest BCUT2D eigenvalue weighted by Crippen LogP contribution is -2.45. The Morgan fingerprint density at radius 3 is 2.48 bits per heavy atom. The summed E-state index contributed by atoms with van der Waals surface area (Å²) in [5.74, 6) is 1.16. The molecule has 0 unspecified atom stereocenters.